The van der Waals surface area contributed by atoms with Gasteiger partial charge in [0.2, 0.25) is 11.8 Å². The zero-order valence-electron chi connectivity index (χ0n) is 28.8. The molecule has 0 spiro atoms. The number of amides is 3. The Kier molecular flexibility index (Phi) is 11.2. The molecule has 0 aliphatic heterocycles. The number of nitrogens with one attached hydrogen (secondary N) is 3. The summed E-state index contributed by atoms with van der Waals surface area (Å²) < 4.78 is 16.6. The number of benzene rings is 1. The second kappa shape index (κ2) is 15.6. The molecule has 1 aromatic carbocycles. The molecule has 2 bridgehead atoms. The topological polar surface area (TPSA) is 175 Å². The fourth-order valence-corrected chi connectivity index (χ4v) is 7.70. The van der Waals surface area contributed by atoms with Gasteiger partial charge in [-0.1, -0.05) is 31.2 Å². The quantitative estimate of drug-likeness (QED) is 0.188. The predicted octanol–water partition coefficient (Wildman–Crippen LogP) is 4.02. The number of aryl methyl sites for hydroxylation is 1. The first-order valence-corrected chi connectivity index (χ1v) is 16.8. The minimum absolute atomic E-state index is 0.0520. The van der Waals surface area contributed by atoms with E-state index in [1.807, 2.05) is 12.1 Å². The number of aromatic nitrogens is 1. The lowest BCUT2D eigenvalue weighted by atomic mass is 9.60. The standard InChI is InChI=1S/C37H44N4O9/c1-22-16-24-17-25(36(47)49-4)20-37(18-22,19-24)40-30(42)21-41-15-9-12-28(35(41)46)39-33(44)27(11-6-8-14-31(43)48-3)38-34(45)32-23(2)26-10-5-7-13-29(26)50-32/h5,7-10,12-15,22,24-25,27H,6,11,16-21H2,1-4H3,(H,38,45)(H,39,44)(H,40,42)/b14-8+. The molecule has 0 saturated heterocycles. The number of rotatable bonds is 12. The third-order valence-corrected chi connectivity index (χ3v) is 9.69. The zero-order valence-corrected chi connectivity index (χ0v) is 28.8. The van der Waals surface area contributed by atoms with Crippen LogP contribution in [0.5, 0.6) is 0 Å². The molecule has 2 heterocycles. The summed E-state index contributed by atoms with van der Waals surface area (Å²) in [7, 11) is 2.62. The lowest BCUT2D eigenvalue weighted by Gasteiger charge is -2.50. The molecular formula is C37H44N4O9. The van der Waals surface area contributed by atoms with Crippen molar-refractivity contribution in [3.8, 4) is 0 Å². The van der Waals surface area contributed by atoms with E-state index in [1.165, 1.54) is 43.2 Å². The van der Waals surface area contributed by atoms with Crippen molar-refractivity contribution < 1.29 is 37.9 Å². The summed E-state index contributed by atoms with van der Waals surface area (Å²) in [5, 5.41) is 9.24. The van der Waals surface area contributed by atoms with Gasteiger partial charge in [-0.05, 0) is 81.9 Å². The van der Waals surface area contributed by atoms with Crippen molar-refractivity contribution >= 4 is 46.3 Å². The molecule has 13 nitrogen and oxygen atoms in total. The van der Waals surface area contributed by atoms with Gasteiger partial charge in [0, 0.05) is 28.8 Å². The van der Waals surface area contributed by atoms with E-state index in [9.17, 15) is 28.8 Å². The molecule has 2 aromatic heterocycles. The summed E-state index contributed by atoms with van der Waals surface area (Å²) in [6.07, 6.45) is 8.19. The predicted molar refractivity (Wildman–Crippen MR) is 184 cm³/mol. The monoisotopic (exact) mass is 688 g/mol. The van der Waals surface area contributed by atoms with Crippen molar-refractivity contribution in [2.45, 2.75) is 76.9 Å². The summed E-state index contributed by atoms with van der Waals surface area (Å²) in [6, 6.07) is 9.02. The van der Waals surface area contributed by atoms with Crippen molar-refractivity contribution in [1.29, 1.82) is 0 Å². The van der Waals surface area contributed by atoms with Gasteiger partial charge < -0.3 is 34.4 Å². The molecule has 50 heavy (non-hydrogen) atoms. The molecule has 5 unspecified atom stereocenters. The van der Waals surface area contributed by atoms with E-state index in [-0.39, 0.29) is 48.6 Å². The number of hydrogen-bond donors (Lipinski definition) is 3. The molecule has 266 valence electrons. The van der Waals surface area contributed by atoms with Crippen molar-refractivity contribution in [1.82, 2.24) is 15.2 Å². The highest BCUT2D eigenvalue weighted by Gasteiger charge is 2.48. The first kappa shape index (κ1) is 36.1. The van der Waals surface area contributed by atoms with Crippen LogP contribution < -0.4 is 21.5 Å². The van der Waals surface area contributed by atoms with Gasteiger partial charge in [0.15, 0.2) is 5.76 Å². The number of fused-ring (bicyclic) bond motifs is 3. The highest BCUT2D eigenvalue weighted by Crippen LogP contribution is 2.47. The van der Waals surface area contributed by atoms with Crippen LogP contribution in [0.25, 0.3) is 11.0 Å². The van der Waals surface area contributed by atoms with Gasteiger partial charge >= 0.3 is 11.9 Å². The Balaban J connectivity index is 1.30. The smallest absolute Gasteiger partial charge is 0.330 e. The first-order chi connectivity index (χ1) is 23.9. The highest BCUT2D eigenvalue weighted by atomic mass is 16.5. The number of nitrogens with zero attached hydrogens (tertiary/aromatic N) is 1. The zero-order chi connectivity index (χ0) is 36.0. The lowest BCUT2D eigenvalue weighted by Crippen LogP contribution is -2.58. The van der Waals surface area contributed by atoms with Gasteiger partial charge in [-0.15, -0.1) is 0 Å². The molecule has 3 N–H and O–H groups in total. The average Bonchev–Trinajstić information content (AvgIpc) is 3.42. The molecule has 5 atom stereocenters. The number of furan rings is 1. The summed E-state index contributed by atoms with van der Waals surface area (Å²) in [5.41, 5.74) is -0.127. The Morgan fingerprint density at radius 1 is 1.04 bits per heavy atom. The Bertz CT molecular complexity index is 1860. The molecule has 13 heteroatoms. The molecule has 5 rings (SSSR count). The maximum atomic E-state index is 13.6. The minimum atomic E-state index is -1.12. The third kappa shape index (κ3) is 8.32. The number of carbonyl (C=O) groups is 5. The van der Waals surface area contributed by atoms with Crippen molar-refractivity contribution in [2.24, 2.45) is 17.8 Å². The molecule has 2 aliphatic carbocycles. The average molecular weight is 689 g/mol. The second-order valence-corrected chi connectivity index (χ2v) is 13.5. The van der Waals surface area contributed by atoms with Gasteiger partial charge in [-0.3, -0.25) is 24.0 Å². The van der Waals surface area contributed by atoms with Crippen LogP contribution >= 0.6 is 0 Å². The van der Waals surface area contributed by atoms with Crippen molar-refractivity contribution in [3.63, 3.8) is 0 Å². The fraction of sp³-hybridized carbons (Fsp3) is 0.459. The molecule has 3 amide bonds. The van der Waals surface area contributed by atoms with E-state index in [4.69, 9.17) is 9.15 Å². The SMILES string of the molecule is COC(=O)/C=C/CCC(NC(=O)c1oc2ccccc2c1C)C(=O)Nc1cccn(CC(=O)NC23CC(C)CC(CC(C(=O)OC)C2)C3)c1=O. The van der Waals surface area contributed by atoms with Gasteiger partial charge in [0.1, 0.15) is 23.9 Å². The minimum Gasteiger partial charge on any atom is -0.469 e. The van der Waals surface area contributed by atoms with Crippen LogP contribution in [0.15, 0.2) is 64.0 Å². The van der Waals surface area contributed by atoms with Crippen molar-refractivity contribution in [2.75, 3.05) is 19.5 Å². The Labute approximate surface area is 289 Å². The van der Waals surface area contributed by atoms with Crippen LogP contribution in [0.2, 0.25) is 0 Å². The number of anilines is 1. The second-order valence-electron chi connectivity index (χ2n) is 13.5. The van der Waals surface area contributed by atoms with Crippen LogP contribution in [0.4, 0.5) is 5.69 Å². The van der Waals surface area contributed by atoms with E-state index < -0.39 is 34.9 Å². The van der Waals surface area contributed by atoms with E-state index in [2.05, 4.69) is 27.6 Å². The molecule has 3 aromatic rings. The maximum Gasteiger partial charge on any atom is 0.330 e. The van der Waals surface area contributed by atoms with E-state index in [0.29, 0.717) is 29.4 Å². The maximum absolute atomic E-state index is 13.6. The molecular weight excluding hydrogens is 644 g/mol. The number of hydrogen-bond acceptors (Lipinski definition) is 9. The van der Waals surface area contributed by atoms with Crippen molar-refractivity contribution in [3.05, 3.63) is 76.4 Å². The third-order valence-electron chi connectivity index (χ3n) is 9.69. The summed E-state index contributed by atoms with van der Waals surface area (Å²) >= 11 is 0. The van der Waals surface area contributed by atoms with E-state index >= 15 is 0 Å². The number of allylic oxidation sites excluding steroid dienone is 1. The number of pyridine rings is 1. The molecule has 2 saturated carbocycles. The Morgan fingerprint density at radius 3 is 2.56 bits per heavy atom. The summed E-state index contributed by atoms with van der Waals surface area (Å²) in [5.74, 6) is -2.09. The highest BCUT2D eigenvalue weighted by molar-refractivity contribution is 6.03. The molecule has 0 radical (unpaired) electrons. The van der Waals surface area contributed by atoms with Crippen LogP contribution in [-0.4, -0.2) is 60.0 Å². The van der Waals surface area contributed by atoms with Gasteiger partial charge in [-0.25, -0.2) is 4.79 Å². The first-order valence-electron chi connectivity index (χ1n) is 16.8. The van der Waals surface area contributed by atoms with Gasteiger partial charge in [0.25, 0.3) is 11.5 Å². The van der Waals surface area contributed by atoms with Crippen LogP contribution in [-0.2, 0) is 35.2 Å². The summed E-state index contributed by atoms with van der Waals surface area (Å²) in [6.45, 7) is 3.59. The molecule has 2 fully saturated rings. The normalized spacial score (nSPS) is 22.0. The Hall–Kier alpha value is -5.20. The van der Waals surface area contributed by atoms with Gasteiger partial charge in [-0.2, -0.15) is 0 Å². The number of methoxy groups -OCH3 is 2. The number of esters is 2. The fourth-order valence-electron chi connectivity index (χ4n) is 7.70. The largest absolute Gasteiger partial charge is 0.469 e. The van der Waals surface area contributed by atoms with Crippen LogP contribution in [0, 0.1) is 24.7 Å². The van der Waals surface area contributed by atoms with Gasteiger partial charge in [0.05, 0.1) is 20.1 Å². The van der Waals surface area contributed by atoms with E-state index in [0.717, 1.165) is 31.1 Å². The number of ether oxygens (including phenoxy) is 2. The lowest BCUT2D eigenvalue weighted by molar-refractivity contribution is -0.150. The van der Waals surface area contributed by atoms with Crippen LogP contribution in [0.1, 0.15) is 68.0 Å². The summed E-state index contributed by atoms with van der Waals surface area (Å²) in [4.78, 5) is 77.8. The molecule has 2 aliphatic rings. The van der Waals surface area contributed by atoms with E-state index in [1.54, 1.807) is 25.1 Å². The van der Waals surface area contributed by atoms with Crippen LogP contribution in [0.3, 0.4) is 0 Å². The number of para-hydroxylation sites is 1. The number of carbonyl (C=O) groups excluding carboxylic acids is 5. The Morgan fingerprint density at radius 2 is 1.82 bits per heavy atom.